The molecule has 3 heteroatoms. The number of hydrogen-bond donors (Lipinski definition) is 0. The van der Waals surface area contributed by atoms with E-state index in [1.54, 1.807) is 0 Å². The number of rotatable bonds is 3. The third kappa shape index (κ3) is 2.06. The van der Waals surface area contributed by atoms with Crippen molar-refractivity contribution in [2.24, 2.45) is 17.8 Å². The fraction of sp³-hybridized carbons (Fsp3) is 0.818. The van der Waals surface area contributed by atoms with Gasteiger partial charge in [0.25, 0.3) is 0 Å². The molecule has 1 saturated heterocycles. The van der Waals surface area contributed by atoms with E-state index in [0.29, 0.717) is 12.3 Å². The summed E-state index contributed by atoms with van der Waals surface area (Å²) in [5, 5.41) is 9.02. The quantitative estimate of drug-likeness (QED) is 0.685. The minimum absolute atomic E-state index is 0.0236. The van der Waals surface area contributed by atoms with Crippen LogP contribution in [0.1, 0.15) is 27.2 Å². The van der Waals surface area contributed by atoms with E-state index in [9.17, 15) is 4.79 Å². The second-order valence-electron chi connectivity index (χ2n) is 4.30. The van der Waals surface area contributed by atoms with E-state index in [0.717, 1.165) is 13.1 Å². The third-order valence-electron chi connectivity index (χ3n) is 3.00. The summed E-state index contributed by atoms with van der Waals surface area (Å²) in [6.45, 7) is 7.62. The Bertz CT molecular complexity index is 255. The maximum absolute atomic E-state index is 11.5. The number of nitriles is 1. The molecule has 1 heterocycles. The lowest BCUT2D eigenvalue weighted by atomic mass is 9.84. The molecule has 2 unspecified atom stereocenters. The van der Waals surface area contributed by atoms with Crippen molar-refractivity contribution in [3.63, 3.8) is 0 Å². The lowest BCUT2D eigenvalue weighted by Gasteiger charge is -2.20. The Morgan fingerprint density at radius 3 is 2.64 bits per heavy atom. The molecule has 3 nitrogen and oxygen atoms in total. The van der Waals surface area contributed by atoms with Crippen LogP contribution in [0.15, 0.2) is 0 Å². The third-order valence-corrected chi connectivity index (χ3v) is 3.00. The van der Waals surface area contributed by atoms with E-state index in [-0.39, 0.29) is 17.7 Å². The Labute approximate surface area is 85.7 Å². The molecule has 0 aromatic carbocycles. The number of amides is 1. The van der Waals surface area contributed by atoms with Crippen LogP contribution in [-0.2, 0) is 4.79 Å². The number of hydrogen-bond acceptors (Lipinski definition) is 2. The zero-order valence-electron chi connectivity index (χ0n) is 9.16. The highest BCUT2D eigenvalue weighted by Gasteiger charge is 2.35. The minimum Gasteiger partial charge on any atom is -0.343 e. The van der Waals surface area contributed by atoms with Gasteiger partial charge in [-0.2, -0.15) is 5.26 Å². The van der Waals surface area contributed by atoms with Crippen LogP contribution in [0.2, 0.25) is 0 Å². The summed E-state index contributed by atoms with van der Waals surface area (Å²) >= 11 is 0. The van der Waals surface area contributed by atoms with Crippen molar-refractivity contribution in [3.05, 3.63) is 0 Å². The average molecular weight is 194 g/mol. The minimum atomic E-state index is 0.0236. The van der Waals surface area contributed by atoms with Gasteiger partial charge in [0.2, 0.25) is 5.91 Å². The molecule has 2 atom stereocenters. The van der Waals surface area contributed by atoms with Crippen molar-refractivity contribution >= 4 is 5.91 Å². The average Bonchev–Trinajstić information content (AvgIpc) is 2.47. The Morgan fingerprint density at radius 2 is 2.29 bits per heavy atom. The Balaban J connectivity index is 2.64. The SMILES string of the molecule is CCN1CC(C(C#N)C(C)C)CC1=O. The highest BCUT2D eigenvalue weighted by Crippen LogP contribution is 2.29. The first-order chi connectivity index (χ1) is 6.60. The van der Waals surface area contributed by atoms with Gasteiger partial charge in [-0.3, -0.25) is 4.79 Å². The van der Waals surface area contributed by atoms with Gasteiger partial charge in [0.15, 0.2) is 0 Å². The smallest absolute Gasteiger partial charge is 0.222 e. The number of nitrogens with zero attached hydrogens (tertiary/aromatic N) is 2. The summed E-state index contributed by atoms with van der Waals surface area (Å²) in [5.41, 5.74) is 0. The molecule has 1 amide bonds. The molecule has 78 valence electrons. The van der Waals surface area contributed by atoms with Gasteiger partial charge in [-0.05, 0) is 12.8 Å². The fourth-order valence-corrected chi connectivity index (χ4v) is 2.15. The summed E-state index contributed by atoms with van der Waals surface area (Å²) in [6.07, 6.45) is 0.560. The van der Waals surface area contributed by atoms with Crippen molar-refractivity contribution in [2.45, 2.75) is 27.2 Å². The molecular formula is C11H18N2O. The second-order valence-corrected chi connectivity index (χ2v) is 4.30. The monoisotopic (exact) mass is 194 g/mol. The molecule has 0 aromatic heterocycles. The molecule has 0 saturated carbocycles. The molecule has 1 rings (SSSR count). The highest BCUT2D eigenvalue weighted by molar-refractivity contribution is 5.78. The van der Waals surface area contributed by atoms with Crippen LogP contribution in [0.5, 0.6) is 0 Å². The van der Waals surface area contributed by atoms with Gasteiger partial charge in [-0.1, -0.05) is 13.8 Å². The lowest BCUT2D eigenvalue weighted by molar-refractivity contribution is -0.127. The highest BCUT2D eigenvalue weighted by atomic mass is 16.2. The van der Waals surface area contributed by atoms with Crippen molar-refractivity contribution in [2.75, 3.05) is 13.1 Å². The Hall–Kier alpha value is -1.04. The first-order valence-corrected chi connectivity index (χ1v) is 5.27. The van der Waals surface area contributed by atoms with Gasteiger partial charge in [0.1, 0.15) is 0 Å². The topological polar surface area (TPSA) is 44.1 Å². The van der Waals surface area contributed by atoms with Crippen LogP contribution < -0.4 is 0 Å². The van der Waals surface area contributed by atoms with Crippen molar-refractivity contribution in [3.8, 4) is 6.07 Å². The van der Waals surface area contributed by atoms with Crippen LogP contribution >= 0.6 is 0 Å². The molecule has 1 aliphatic heterocycles. The molecule has 1 aliphatic rings. The zero-order valence-corrected chi connectivity index (χ0v) is 9.16. The van der Waals surface area contributed by atoms with E-state index < -0.39 is 0 Å². The predicted octanol–water partition coefficient (Wildman–Crippen LogP) is 1.65. The molecule has 0 aromatic rings. The van der Waals surface area contributed by atoms with E-state index >= 15 is 0 Å². The first-order valence-electron chi connectivity index (χ1n) is 5.27. The van der Waals surface area contributed by atoms with Crippen LogP contribution in [0.25, 0.3) is 0 Å². The Morgan fingerprint density at radius 1 is 1.64 bits per heavy atom. The fourth-order valence-electron chi connectivity index (χ4n) is 2.15. The van der Waals surface area contributed by atoms with Crippen molar-refractivity contribution < 1.29 is 4.79 Å². The number of carbonyl (C=O) groups excluding carboxylic acids is 1. The van der Waals surface area contributed by atoms with Crippen LogP contribution in [0, 0.1) is 29.1 Å². The number of likely N-dealkylation sites (tertiary alicyclic amines) is 1. The summed E-state index contributed by atoms with van der Waals surface area (Å²) < 4.78 is 0. The van der Waals surface area contributed by atoms with Crippen LogP contribution in [0.4, 0.5) is 0 Å². The largest absolute Gasteiger partial charge is 0.343 e. The molecule has 0 radical (unpaired) electrons. The summed E-state index contributed by atoms with van der Waals surface area (Å²) in [4.78, 5) is 13.3. The molecule has 0 aliphatic carbocycles. The van der Waals surface area contributed by atoms with Crippen LogP contribution in [0.3, 0.4) is 0 Å². The first kappa shape index (κ1) is 11.0. The standard InChI is InChI=1S/C11H18N2O/c1-4-13-7-9(5-11(13)14)10(6-12)8(2)3/h8-10H,4-5,7H2,1-3H3. The van der Waals surface area contributed by atoms with Gasteiger partial charge in [0.05, 0.1) is 12.0 Å². The maximum atomic E-state index is 11.5. The van der Waals surface area contributed by atoms with Crippen molar-refractivity contribution in [1.82, 2.24) is 4.90 Å². The lowest BCUT2D eigenvalue weighted by Crippen LogP contribution is -2.26. The molecule has 14 heavy (non-hydrogen) atoms. The van der Waals surface area contributed by atoms with Gasteiger partial charge in [-0.15, -0.1) is 0 Å². The van der Waals surface area contributed by atoms with E-state index in [1.807, 2.05) is 25.7 Å². The van der Waals surface area contributed by atoms with E-state index in [1.165, 1.54) is 0 Å². The van der Waals surface area contributed by atoms with E-state index in [4.69, 9.17) is 5.26 Å². The summed E-state index contributed by atoms with van der Waals surface area (Å²) in [7, 11) is 0. The number of carbonyl (C=O) groups is 1. The zero-order chi connectivity index (χ0) is 10.7. The van der Waals surface area contributed by atoms with Crippen LogP contribution in [-0.4, -0.2) is 23.9 Å². The maximum Gasteiger partial charge on any atom is 0.222 e. The second kappa shape index (κ2) is 4.45. The van der Waals surface area contributed by atoms with Gasteiger partial charge in [-0.25, -0.2) is 0 Å². The summed E-state index contributed by atoms with van der Waals surface area (Å²) in [5.74, 6) is 0.816. The Kier molecular flexibility index (Phi) is 3.51. The van der Waals surface area contributed by atoms with Gasteiger partial charge in [0, 0.05) is 25.4 Å². The van der Waals surface area contributed by atoms with Gasteiger partial charge >= 0.3 is 0 Å². The molecule has 0 N–H and O–H groups in total. The molecule has 0 bridgehead atoms. The molecule has 1 fully saturated rings. The van der Waals surface area contributed by atoms with E-state index in [2.05, 4.69) is 6.07 Å². The predicted molar refractivity (Wildman–Crippen MR) is 54.3 cm³/mol. The van der Waals surface area contributed by atoms with Crippen molar-refractivity contribution in [1.29, 1.82) is 5.26 Å². The normalized spacial score (nSPS) is 24.1. The molecular weight excluding hydrogens is 176 g/mol. The van der Waals surface area contributed by atoms with Gasteiger partial charge < -0.3 is 4.90 Å². The molecule has 0 spiro atoms. The summed E-state index contributed by atoms with van der Waals surface area (Å²) in [6, 6.07) is 2.33.